The summed E-state index contributed by atoms with van der Waals surface area (Å²) < 4.78 is 12.2. The second-order valence-electron chi connectivity index (χ2n) is 4.27. The van der Waals surface area contributed by atoms with E-state index < -0.39 is 0 Å². The van der Waals surface area contributed by atoms with Crippen LogP contribution in [0.2, 0.25) is 0 Å². The molecule has 0 spiro atoms. The third-order valence-corrected chi connectivity index (χ3v) is 3.20. The van der Waals surface area contributed by atoms with Crippen molar-refractivity contribution >= 4 is 16.6 Å². The largest absolute Gasteiger partial charge is 0.493 e. The standard InChI is InChI=1S/C14H11N3O3/c1-19-11-4-9-10(5-12(11)20-2)17-7-8(6-15)3-13(17)16-14(9)18/h3-5,7H,1-2H3,(H,16,18). The number of H-pyrrole nitrogens is 1. The lowest BCUT2D eigenvalue weighted by atomic mass is 10.2. The average Bonchev–Trinajstić information content (AvgIpc) is 2.89. The molecule has 1 aromatic carbocycles. The molecule has 0 unspecified atom stereocenters. The number of nitrogens with zero attached hydrogens (tertiary/aromatic N) is 2. The molecular formula is C14H11N3O3. The molecule has 0 radical (unpaired) electrons. The molecule has 6 nitrogen and oxygen atoms in total. The third-order valence-electron chi connectivity index (χ3n) is 3.20. The molecule has 1 N–H and O–H groups in total. The summed E-state index contributed by atoms with van der Waals surface area (Å²) in [6.45, 7) is 0. The van der Waals surface area contributed by atoms with Crippen LogP contribution in [0.4, 0.5) is 0 Å². The Morgan fingerprint density at radius 2 is 1.90 bits per heavy atom. The third kappa shape index (κ3) is 1.61. The molecule has 100 valence electrons. The monoisotopic (exact) mass is 269 g/mol. The van der Waals surface area contributed by atoms with Crippen LogP contribution in [0, 0.1) is 11.3 Å². The Balaban J connectivity index is 2.51. The second-order valence-corrected chi connectivity index (χ2v) is 4.27. The summed E-state index contributed by atoms with van der Waals surface area (Å²) in [6, 6.07) is 7.02. The fourth-order valence-corrected chi connectivity index (χ4v) is 2.25. The second kappa shape index (κ2) is 4.31. The summed E-state index contributed by atoms with van der Waals surface area (Å²) in [7, 11) is 3.05. The van der Waals surface area contributed by atoms with Crippen LogP contribution in [-0.2, 0) is 0 Å². The van der Waals surface area contributed by atoms with Crippen LogP contribution in [0.5, 0.6) is 11.5 Å². The summed E-state index contributed by atoms with van der Waals surface area (Å²) in [6.07, 6.45) is 1.67. The zero-order valence-corrected chi connectivity index (χ0v) is 10.9. The SMILES string of the molecule is COc1cc2c(=O)[nH]c3cc(C#N)cn3c2cc1OC. The van der Waals surface area contributed by atoms with E-state index in [1.165, 1.54) is 14.2 Å². The van der Waals surface area contributed by atoms with Crippen molar-refractivity contribution in [3.63, 3.8) is 0 Å². The van der Waals surface area contributed by atoms with E-state index >= 15 is 0 Å². The Labute approximate surface area is 113 Å². The Morgan fingerprint density at radius 1 is 1.20 bits per heavy atom. The van der Waals surface area contributed by atoms with E-state index in [0.29, 0.717) is 33.6 Å². The maximum atomic E-state index is 12.1. The zero-order valence-electron chi connectivity index (χ0n) is 10.9. The summed E-state index contributed by atoms with van der Waals surface area (Å²) >= 11 is 0. The van der Waals surface area contributed by atoms with Gasteiger partial charge < -0.3 is 18.9 Å². The Kier molecular flexibility index (Phi) is 2.61. The minimum absolute atomic E-state index is 0.240. The number of benzene rings is 1. The van der Waals surface area contributed by atoms with E-state index in [0.717, 1.165) is 0 Å². The van der Waals surface area contributed by atoms with Gasteiger partial charge in [-0.05, 0) is 12.1 Å². The molecule has 0 amide bonds. The maximum absolute atomic E-state index is 12.1. The highest BCUT2D eigenvalue weighted by atomic mass is 16.5. The molecule has 0 aliphatic rings. The number of hydrogen-bond acceptors (Lipinski definition) is 4. The van der Waals surface area contributed by atoms with Crippen molar-refractivity contribution in [2.24, 2.45) is 0 Å². The van der Waals surface area contributed by atoms with E-state index in [-0.39, 0.29) is 5.56 Å². The summed E-state index contributed by atoms with van der Waals surface area (Å²) in [4.78, 5) is 14.8. The molecule has 0 saturated carbocycles. The Hall–Kier alpha value is -2.94. The fourth-order valence-electron chi connectivity index (χ4n) is 2.25. The molecule has 20 heavy (non-hydrogen) atoms. The zero-order chi connectivity index (χ0) is 14.3. The van der Waals surface area contributed by atoms with E-state index in [1.54, 1.807) is 28.8 Å². The molecule has 0 fully saturated rings. The van der Waals surface area contributed by atoms with Crippen LogP contribution in [0.3, 0.4) is 0 Å². The maximum Gasteiger partial charge on any atom is 0.259 e. The highest BCUT2D eigenvalue weighted by Gasteiger charge is 2.12. The molecule has 3 rings (SSSR count). The van der Waals surface area contributed by atoms with Crippen LogP contribution in [-0.4, -0.2) is 23.6 Å². The van der Waals surface area contributed by atoms with Crippen LogP contribution < -0.4 is 15.0 Å². The van der Waals surface area contributed by atoms with E-state index in [4.69, 9.17) is 14.7 Å². The van der Waals surface area contributed by atoms with Gasteiger partial charge in [0.1, 0.15) is 11.7 Å². The number of nitriles is 1. The number of methoxy groups -OCH3 is 2. The van der Waals surface area contributed by atoms with Crippen LogP contribution >= 0.6 is 0 Å². The first-order valence-corrected chi connectivity index (χ1v) is 5.88. The minimum Gasteiger partial charge on any atom is -0.493 e. The lowest BCUT2D eigenvalue weighted by Crippen LogP contribution is -2.09. The van der Waals surface area contributed by atoms with Crippen molar-refractivity contribution in [3.8, 4) is 17.6 Å². The van der Waals surface area contributed by atoms with Crippen LogP contribution in [0.15, 0.2) is 29.2 Å². The van der Waals surface area contributed by atoms with Gasteiger partial charge in [0.25, 0.3) is 5.56 Å². The lowest BCUT2D eigenvalue weighted by Gasteiger charge is -2.10. The summed E-state index contributed by atoms with van der Waals surface area (Å²) in [5, 5.41) is 9.43. The highest BCUT2D eigenvalue weighted by Crippen LogP contribution is 2.31. The minimum atomic E-state index is -0.240. The van der Waals surface area contributed by atoms with Gasteiger partial charge in [0.15, 0.2) is 11.5 Å². The molecule has 2 aromatic heterocycles. The number of ether oxygens (including phenoxy) is 2. The number of hydrogen-bond donors (Lipinski definition) is 1. The highest BCUT2D eigenvalue weighted by molar-refractivity contribution is 5.84. The van der Waals surface area contributed by atoms with Crippen molar-refractivity contribution in [2.45, 2.75) is 0 Å². The fraction of sp³-hybridized carbons (Fsp3) is 0.143. The summed E-state index contributed by atoms with van der Waals surface area (Å²) in [5.74, 6) is 1.01. The Morgan fingerprint density at radius 3 is 2.55 bits per heavy atom. The van der Waals surface area contributed by atoms with Crippen molar-refractivity contribution in [1.82, 2.24) is 9.38 Å². The Bertz CT molecular complexity index is 915. The van der Waals surface area contributed by atoms with Crippen molar-refractivity contribution in [2.75, 3.05) is 14.2 Å². The van der Waals surface area contributed by atoms with Crippen molar-refractivity contribution in [3.05, 3.63) is 40.3 Å². The van der Waals surface area contributed by atoms with Gasteiger partial charge in [-0.2, -0.15) is 5.26 Å². The number of rotatable bonds is 2. The number of aromatic amines is 1. The molecule has 2 heterocycles. The molecule has 0 bridgehead atoms. The average molecular weight is 269 g/mol. The van der Waals surface area contributed by atoms with E-state index in [1.807, 2.05) is 0 Å². The molecule has 0 aliphatic heterocycles. The molecule has 3 aromatic rings. The molecule has 6 heteroatoms. The van der Waals surface area contributed by atoms with Gasteiger partial charge in [-0.1, -0.05) is 0 Å². The van der Waals surface area contributed by atoms with Gasteiger partial charge in [-0.25, -0.2) is 0 Å². The predicted octanol–water partition coefficient (Wildman–Crippen LogP) is 1.67. The molecular weight excluding hydrogens is 258 g/mol. The van der Waals surface area contributed by atoms with E-state index in [2.05, 4.69) is 11.1 Å². The van der Waals surface area contributed by atoms with Gasteiger partial charge in [-0.3, -0.25) is 4.79 Å². The van der Waals surface area contributed by atoms with Gasteiger partial charge in [0.05, 0.1) is 30.7 Å². The topological polar surface area (TPSA) is 79.5 Å². The van der Waals surface area contributed by atoms with Gasteiger partial charge in [-0.15, -0.1) is 0 Å². The van der Waals surface area contributed by atoms with Crippen LogP contribution in [0.25, 0.3) is 16.6 Å². The van der Waals surface area contributed by atoms with E-state index in [9.17, 15) is 4.79 Å². The van der Waals surface area contributed by atoms with Gasteiger partial charge in [0, 0.05) is 12.3 Å². The van der Waals surface area contributed by atoms with Crippen molar-refractivity contribution in [1.29, 1.82) is 5.26 Å². The number of aromatic nitrogens is 2. The number of fused-ring (bicyclic) bond motifs is 3. The van der Waals surface area contributed by atoms with Gasteiger partial charge in [0.2, 0.25) is 0 Å². The normalized spacial score (nSPS) is 10.7. The van der Waals surface area contributed by atoms with Crippen LogP contribution in [0.1, 0.15) is 5.56 Å². The first-order chi connectivity index (χ1) is 9.67. The predicted molar refractivity (Wildman–Crippen MR) is 73.3 cm³/mol. The first-order valence-electron chi connectivity index (χ1n) is 5.88. The first kappa shape index (κ1) is 12.1. The number of nitrogens with one attached hydrogen (secondary N) is 1. The molecule has 0 atom stereocenters. The lowest BCUT2D eigenvalue weighted by molar-refractivity contribution is 0.355. The smallest absolute Gasteiger partial charge is 0.259 e. The quantitative estimate of drug-likeness (QED) is 0.767. The summed E-state index contributed by atoms with van der Waals surface area (Å²) in [5.41, 5.74) is 1.45. The molecule has 0 saturated heterocycles. The molecule has 0 aliphatic carbocycles. The van der Waals surface area contributed by atoms with Crippen molar-refractivity contribution < 1.29 is 9.47 Å². The van der Waals surface area contributed by atoms with Gasteiger partial charge >= 0.3 is 0 Å².